The van der Waals surface area contributed by atoms with Gasteiger partial charge in [-0.1, -0.05) is 0 Å². The Kier molecular flexibility index (Phi) is 3.56. The van der Waals surface area contributed by atoms with Gasteiger partial charge in [0.15, 0.2) is 0 Å². The van der Waals surface area contributed by atoms with Crippen molar-refractivity contribution < 1.29 is 5.11 Å². The molecule has 1 aliphatic rings. The van der Waals surface area contributed by atoms with Gasteiger partial charge < -0.3 is 5.11 Å². The van der Waals surface area contributed by atoms with Gasteiger partial charge in [0.2, 0.25) is 0 Å². The minimum atomic E-state index is -0.329. The van der Waals surface area contributed by atoms with Gasteiger partial charge in [0.25, 0.3) is 0 Å². The van der Waals surface area contributed by atoms with E-state index in [1.165, 1.54) is 28.2 Å². The Labute approximate surface area is 114 Å². The summed E-state index contributed by atoms with van der Waals surface area (Å²) in [5.74, 6) is 2.35. The third kappa shape index (κ3) is 2.60. The molecular formula is C13H14OS3. The Morgan fingerprint density at radius 2 is 2.35 bits per heavy atom. The van der Waals surface area contributed by atoms with E-state index in [-0.39, 0.29) is 6.10 Å². The Balaban J connectivity index is 1.77. The van der Waals surface area contributed by atoms with Crippen LogP contribution in [0.4, 0.5) is 0 Å². The first-order valence-electron chi connectivity index (χ1n) is 5.71. The summed E-state index contributed by atoms with van der Waals surface area (Å²) >= 11 is 5.49. The lowest BCUT2D eigenvalue weighted by Crippen LogP contribution is -1.98. The second-order valence-corrected chi connectivity index (χ2v) is 7.30. The maximum absolute atomic E-state index is 10.2. The zero-order valence-electron chi connectivity index (χ0n) is 9.39. The second kappa shape index (κ2) is 5.14. The van der Waals surface area contributed by atoms with Gasteiger partial charge in [0.05, 0.1) is 6.10 Å². The molecule has 3 heterocycles. The SMILES string of the molecule is OC(Cc1ccsc1)c1cc2c(s1)CCSC2. The van der Waals surface area contributed by atoms with Crippen LogP contribution in [0.25, 0.3) is 0 Å². The average molecular weight is 282 g/mol. The van der Waals surface area contributed by atoms with E-state index in [0.717, 1.165) is 17.1 Å². The van der Waals surface area contributed by atoms with E-state index in [4.69, 9.17) is 0 Å². The summed E-state index contributed by atoms with van der Waals surface area (Å²) in [6, 6.07) is 4.31. The van der Waals surface area contributed by atoms with Crippen molar-refractivity contribution in [3.05, 3.63) is 43.8 Å². The normalized spacial score (nSPS) is 16.8. The maximum atomic E-state index is 10.2. The molecule has 2 aromatic heterocycles. The van der Waals surface area contributed by atoms with Crippen LogP contribution in [0.1, 0.15) is 27.0 Å². The number of fused-ring (bicyclic) bond motifs is 1. The first kappa shape index (κ1) is 11.8. The summed E-state index contributed by atoms with van der Waals surface area (Å²) in [5, 5.41) is 14.4. The van der Waals surface area contributed by atoms with Crippen molar-refractivity contribution in [2.24, 2.45) is 0 Å². The predicted molar refractivity (Wildman–Crippen MR) is 77.2 cm³/mol. The number of hydrogen-bond acceptors (Lipinski definition) is 4. The Morgan fingerprint density at radius 1 is 1.41 bits per heavy atom. The highest BCUT2D eigenvalue weighted by Crippen LogP contribution is 2.35. The van der Waals surface area contributed by atoms with Crippen LogP contribution in [0.15, 0.2) is 22.9 Å². The molecule has 17 heavy (non-hydrogen) atoms. The van der Waals surface area contributed by atoms with Gasteiger partial charge in [-0.05, 0) is 46.2 Å². The Morgan fingerprint density at radius 3 is 3.12 bits per heavy atom. The van der Waals surface area contributed by atoms with Crippen LogP contribution >= 0.6 is 34.4 Å². The fraction of sp³-hybridized carbons (Fsp3) is 0.385. The van der Waals surface area contributed by atoms with Crippen LogP contribution in [-0.2, 0) is 18.6 Å². The highest BCUT2D eigenvalue weighted by atomic mass is 32.2. The number of aliphatic hydroxyl groups is 1. The van der Waals surface area contributed by atoms with Crippen molar-refractivity contribution in [3.8, 4) is 0 Å². The molecule has 90 valence electrons. The number of aliphatic hydroxyl groups excluding tert-OH is 1. The van der Waals surface area contributed by atoms with Gasteiger partial charge in [0, 0.05) is 21.9 Å². The van der Waals surface area contributed by atoms with E-state index in [2.05, 4.69) is 22.9 Å². The summed E-state index contributed by atoms with van der Waals surface area (Å²) in [6.07, 6.45) is 1.59. The minimum absolute atomic E-state index is 0.329. The molecule has 0 amide bonds. The van der Waals surface area contributed by atoms with Crippen molar-refractivity contribution >= 4 is 34.4 Å². The van der Waals surface area contributed by atoms with Gasteiger partial charge in [-0.3, -0.25) is 0 Å². The van der Waals surface area contributed by atoms with Crippen molar-refractivity contribution in [3.63, 3.8) is 0 Å². The van der Waals surface area contributed by atoms with Gasteiger partial charge in [-0.2, -0.15) is 23.1 Å². The van der Waals surface area contributed by atoms with Crippen LogP contribution in [-0.4, -0.2) is 10.9 Å². The molecule has 1 N–H and O–H groups in total. The van der Waals surface area contributed by atoms with Crippen molar-refractivity contribution in [2.45, 2.75) is 24.7 Å². The van der Waals surface area contributed by atoms with E-state index in [0.29, 0.717) is 0 Å². The monoisotopic (exact) mass is 282 g/mol. The first-order valence-corrected chi connectivity index (χ1v) is 8.62. The largest absolute Gasteiger partial charge is 0.387 e. The fourth-order valence-corrected chi connectivity index (χ4v) is 5.11. The van der Waals surface area contributed by atoms with Gasteiger partial charge in [-0.15, -0.1) is 11.3 Å². The van der Waals surface area contributed by atoms with Gasteiger partial charge in [-0.25, -0.2) is 0 Å². The molecule has 0 saturated carbocycles. The van der Waals surface area contributed by atoms with E-state index < -0.39 is 0 Å². The fourth-order valence-electron chi connectivity index (χ4n) is 2.07. The lowest BCUT2D eigenvalue weighted by atomic mass is 10.1. The van der Waals surface area contributed by atoms with E-state index in [1.54, 1.807) is 22.7 Å². The maximum Gasteiger partial charge on any atom is 0.0922 e. The number of rotatable bonds is 3. The summed E-state index contributed by atoms with van der Waals surface area (Å²) in [6.45, 7) is 0. The molecule has 4 heteroatoms. The molecule has 0 fully saturated rings. The summed E-state index contributed by atoms with van der Waals surface area (Å²) in [5.41, 5.74) is 2.69. The smallest absolute Gasteiger partial charge is 0.0922 e. The molecule has 2 aromatic rings. The topological polar surface area (TPSA) is 20.2 Å². The highest BCUT2D eigenvalue weighted by Gasteiger charge is 2.18. The first-order chi connectivity index (χ1) is 8.33. The molecule has 1 atom stereocenters. The average Bonchev–Trinajstić information content (AvgIpc) is 2.96. The van der Waals surface area contributed by atoms with Crippen LogP contribution in [0.2, 0.25) is 0 Å². The van der Waals surface area contributed by atoms with E-state index in [1.807, 2.05) is 11.8 Å². The minimum Gasteiger partial charge on any atom is -0.387 e. The molecule has 1 unspecified atom stereocenters. The second-order valence-electron chi connectivity index (χ2n) is 4.25. The van der Waals surface area contributed by atoms with Crippen molar-refractivity contribution in [2.75, 3.05) is 5.75 Å². The molecule has 3 rings (SSSR count). The van der Waals surface area contributed by atoms with Crippen molar-refractivity contribution in [1.29, 1.82) is 0 Å². The molecule has 0 aliphatic carbocycles. The van der Waals surface area contributed by atoms with Crippen LogP contribution in [0.5, 0.6) is 0 Å². The number of hydrogen-bond donors (Lipinski definition) is 1. The molecule has 1 aliphatic heterocycles. The Bertz CT molecular complexity index is 463. The lowest BCUT2D eigenvalue weighted by Gasteiger charge is -2.08. The molecule has 0 bridgehead atoms. The zero-order valence-corrected chi connectivity index (χ0v) is 11.8. The molecule has 0 aromatic carbocycles. The number of thiophene rings is 2. The standard InChI is InChI=1S/C13H14OS3/c14-11(5-9-1-3-15-7-9)13-6-10-8-16-4-2-12(10)17-13/h1,3,6-7,11,14H,2,4-5,8H2. The van der Waals surface area contributed by atoms with Crippen LogP contribution < -0.4 is 0 Å². The molecule has 0 radical (unpaired) electrons. The molecular weight excluding hydrogens is 268 g/mol. The predicted octanol–water partition coefficient (Wildman–Crippen LogP) is 3.88. The molecule has 1 nitrogen and oxygen atoms in total. The van der Waals surface area contributed by atoms with Gasteiger partial charge in [0.1, 0.15) is 0 Å². The molecule has 0 spiro atoms. The summed E-state index contributed by atoms with van der Waals surface area (Å²) < 4.78 is 0. The number of aryl methyl sites for hydroxylation is 1. The van der Waals surface area contributed by atoms with Crippen LogP contribution in [0, 0.1) is 0 Å². The third-order valence-electron chi connectivity index (χ3n) is 2.98. The van der Waals surface area contributed by atoms with E-state index in [9.17, 15) is 5.11 Å². The molecule has 0 saturated heterocycles. The lowest BCUT2D eigenvalue weighted by molar-refractivity contribution is 0.182. The number of thioether (sulfide) groups is 1. The van der Waals surface area contributed by atoms with E-state index >= 15 is 0 Å². The van der Waals surface area contributed by atoms with Gasteiger partial charge >= 0.3 is 0 Å². The summed E-state index contributed by atoms with van der Waals surface area (Å²) in [7, 11) is 0. The zero-order chi connectivity index (χ0) is 11.7. The summed E-state index contributed by atoms with van der Waals surface area (Å²) in [4.78, 5) is 2.63. The van der Waals surface area contributed by atoms with Crippen molar-refractivity contribution in [1.82, 2.24) is 0 Å². The highest BCUT2D eigenvalue weighted by molar-refractivity contribution is 7.98. The van der Waals surface area contributed by atoms with Crippen LogP contribution in [0.3, 0.4) is 0 Å². The quantitative estimate of drug-likeness (QED) is 0.922. The Hall–Kier alpha value is -0.290. The third-order valence-corrected chi connectivity index (χ3v) is 6.06.